The molecule has 0 aromatic heterocycles. The van der Waals surface area contributed by atoms with Crippen LogP contribution in [0.2, 0.25) is 0 Å². The number of aliphatic carboxylic acids is 1. The molecule has 0 radical (unpaired) electrons. The van der Waals surface area contributed by atoms with Crippen LogP contribution in [-0.2, 0) is 4.79 Å². The molecule has 12 nitrogen and oxygen atoms in total. The lowest BCUT2D eigenvalue weighted by molar-refractivity contribution is -0.415. The molecule has 0 atom stereocenters. The molecule has 0 spiro atoms. The molecule has 104 valence electrons. The fraction of sp³-hybridized carbons (Fsp3) is 0.250. The summed E-state index contributed by atoms with van der Waals surface area (Å²) in [7, 11) is 0. The minimum absolute atomic E-state index is 0. The van der Waals surface area contributed by atoms with Crippen LogP contribution < -0.4 is 45.0 Å². The Hall–Kier alpha value is -2.15. The van der Waals surface area contributed by atoms with Gasteiger partial charge in [0, 0.05) is 5.97 Å². The average Bonchev–Trinajstić information content (AvgIpc) is 1.54. The zero-order valence-electron chi connectivity index (χ0n) is 9.80. The predicted molar refractivity (Wildman–Crippen MR) is 48.0 cm³/mol. The molecule has 0 heterocycles. The van der Waals surface area contributed by atoms with Crippen LogP contribution in [0, 0.1) is 0 Å². The highest BCUT2D eigenvalue weighted by Gasteiger charge is 1.51. The Morgan fingerprint density at radius 2 is 0.812 bits per heavy atom. The van der Waals surface area contributed by atoms with Gasteiger partial charge in [-0.1, -0.05) is 0 Å². The van der Waals surface area contributed by atoms with Gasteiger partial charge in [-0.25, -0.2) is 0 Å². The van der Waals surface area contributed by atoms with Crippen molar-refractivity contribution < 1.29 is 39.9 Å². The summed E-state index contributed by atoms with van der Waals surface area (Å²) in [4.78, 5) is 25.7. The second-order valence-electron chi connectivity index (χ2n) is 1.01. The minimum atomic E-state index is -2.33. The van der Waals surface area contributed by atoms with Crippen molar-refractivity contribution in [2.45, 2.75) is 6.92 Å². The van der Waals surface area contributed by atoms with Crippen LogP contribution in [-0.4, -0.2) is 23.4 Å². The van der Waals surface area contributed by atoms with Gasteiger partial charge in [0.2, 0.25) is 6.16 Å². The Morgan fingerprint density at radius 3 is 0.812 bits per heavy atom. The van der Waals surface area contributed by atoms with E-state index in [1.54, 1.807) is 0 Å². The summed E-state index contributed by atoms with van der Waals surface area (Å²) in [6.45, 7) is 0.972. The zero-order valence-corrected chi connectivity index (χ0v) is 9.80. The molecule has 0 fully saturated rings. The third-order valence-corrected chi connectivity index (χ3v) is 0. The summed E-state index contributed by atoms with van der Waals surface area (Å²) in [5.74, 6) is -1.08. The van der Waals surface area contributed by atoms with E-state index in [2.05, 4.69) is 0 Å². The summed E-state index contributed by atoms with van der Waals surface area (Å²) in [6.07, 6.45) is -4.42. The van der Waals surface area contributed by atoms with E-state index in [1.165, 1.54) is 0 Å². The van der Waals surface area contributed by atoms with Crippen molar-refractivity contribution in [1.82, 2.24) is 24.6 Å². The van der Waals surface area contributed by atoms with Crippen LogP contribution in [0.5, 0.6) is 0 Å². The minimum Gasteiger partial charge on any atom is -0.652 e. The lowest BCUT2D eigenvalue weighted by Crippen LogP contribution is -2.37. The third-order valence-electron chi connectivity index (χ3n) is 0. The van der Waals surface area contributed by atoms with Crippen LogP contribution in [0.15, 0.2) is 0 Å². The number of hydrogen-bond acceptors (Lipinski definition) is 7. The van der Waals surface area contributed by atoms with Crippen LogP contribution in [0.25, 0.3) is 0 Å². The van der Waals surface area contributed by atoms with Gasteiger partial charge in [0.15, 0.2) is 0 Å². The Morgan fingerprint density at radius 1 is 0.812 bits per heavy atom. The van der Waals surface area contributed by atoms with E-state index in [9.17, 15) is 0 Å². The summed E-state index contributed by atoms with van der Waals surface area (Å²) in [5, 5.41) is 40.9. The van der Waals surface area contributed by atoms with Crippen LogP contribution in [0.1, 0.15) is 6.92 Å². The van der Waals surface area contributed by atoms with E-state index in [1.807, 2.05) is 0 Å². The fourth-order valence-electron chi connectivity index (χ4n) is 0. The average molecular weight is 252 g/mol. The van der Waals surface area contributed by atoms with Crippen LogP contribution >= 0.6 is 0 Å². The molecule has 0 aromatic rings. The standard InChI is InChI=1S/C2H4O2.2CH2O3.4H3N/c1-2(3)4;2*2-1(3)4;;;;/h1H3,(H,3,4);2*(H2,2,3,4);4*1H3. The largest absolute Gasteiger partial charge is 0.652 e. The topological polar surface area (TPSA) is 310 Å². The molecule has 0 aliphatic heterocycles. The molecular weight excluding hydrogens is 232 g/mol. The molecule has 0 aliphatic carbocycles. The zero-order chi connectivity index (χ0) is 10.7. The maximum Gasteiger partial charge on any atom is 0.249 e. The molecule has 0 saturated carbocycles. The number of carboxylic acid groups (broad SMARTS) is 5. The molecule has 0 bridgehead atoms. The molecule has 0 aromatic carbocycles. The van der Waals surface area contributed by atoms with Gasteiger partial charge in [0.1, 0.15) is 0 Å². The maximum absolute atomic E-state index is 8.89. The third kappa shape index (κ3) is 302. The first-order valence-corrected chi connectivity index (χ1v) is 2.15. The van der Waals surface area contributed by atoms with Gasteiger partial charge in [-0.2, -0.15) is 0 Å². The van der Waals surface area contributed by atoms with E-state index in [0.717, 1.165) is 6.92 Å². The molecular formula is C4H20N4O8. The van der Waals surface area contributed by atoms with E-state index in [4.69, 9.17) is 39.9 Å². The highest BCUT2D eigenvalue weighted by Crippen LogP contribution is 1.32. The Bertz CT molecular complexity index is 122. The van der Waals surface area contributed by atoms with Crippen molar-refractivity contribution in [3.8, 4) is 0 Å². The van der Waals surface area contributed by atoms with E-state index >= 15 is 0 Å². The molecule has 0 saturated heterocycles. The van der Waals surface area contributed by atoms with Crippen molar-refractivity contribution in [3.05, 3.63) is 0 Å². The molecule has 17 N–H and O–H groups in total. The molecule has 12 heteroatoms. The van der Waals surface area contributed by atoms with E-state index in [-0.39, 0.29) is 24.6 Å². The molecule has 0 amide bonds. The summed E-state index contributed by atoms with van der Waals surface area (Å²) in [6, 6.07) is 0. The molecule has 0 unspecified atom stereocenters. The van der Waals surface area contributed by atoms with Gasteiger partial charge >= 0.3 is 0 Å². The highest BCUT2D eigenvalue weighted by atomic mass is 16.6. The van der Waals surface area contributed by atoms with Gasteiger partial charge in [-0.3, -0.25) is 0 Å². The Balaban J connectivity index is -0.0000000135. The van der Waals surface area contributed by atoms with Gasteiger partial charge in [0.05, 0.1) is 0 Å². The summed E-state index contributed by atoms with van der Waals surface area (Å²) < 4.78 is 0. The van der Waals surface area contributed by atoms with Crippen molar-refractivity contribution >= 4 is 18.3 Å². The predicted octanol–water partition coefficient (Wildman–Crippen LogP) is -3.30. The Labute approximate surface area is 90.8 Å². The number of quaternary nitrogens is 4. The Kier molecular flexibility index (Phi) is 117. The lowest BCUT2D eigenvalue weighted by atomic mass is 10.9. The van der Waals surface area contributed by atoms with Crippen molar-refractivity contribution in [3.63, 3.8) is 0 Å². The maximum atomic E-state index is 8.89. The van der Waals surface area contributed by atoms with Gasteiger partial charge in [-0.05, 0) is 13.1 Å². The quantitative estimate of drug-likeness (QED) is 0.289. The molecule has 0 rings (SSSR count). The first-order valence-electron chi connectivity index (χ1n) is 2.15. The molecule has 16 heavy (non-hydrogen) atoms. The number of rotatable bonds is 0. The monoisotopic (exact) mass is 252 g/mol. The lowest BCUT2D eigenvalue weighted by Gasteiger charge is -1.96. The summed E-state index contributed by atoms with van der Waals surface area (Å²) in [5.41, 5.74) is 0. The van der Waals surface area contributed by atoms with Gasteiger partial charge < -0.3 is 64.5 Å². The highest BCUT2D eigenvalue weighted by molar-refractivity contribution is 5.60. The van der Waals surface area contributed by atoms with E-state index < -0.39 is 18.3 Å². The normalized spacial score (nSPS) is 4.56. The van der Waals surface area contributed by atoms with Crippen molar-refractivity contribution in [2.24, 2.45) is 0 Å². The fourth-order valence-corrected chi connectivity index (χ4v) is 0. The van der Waals surface area contributed by atoms with E-state index in [0.29, 0.717) is 0 Å². The first kappa shape index (κ1) is 48.7. The van der Waals surface area contributed by atoms with Gasteiger partial charge in [0.25, 0.3) is 0 Å². The number of carboxylic acids is 1. The van der Waals surface area contributed by atoms with Gasteiger partial charge in [-0.15, -0.1) is 0 Å². The summed E-state index contributed by atoms with van der Waals surface area (Å²) >= 11 is 0. The number of carbonyl (C=O) groups excluding carboxylic acids is 2. The second-order valence-corrected chi connectivity index (χ2v) is 1.01. The number of hydrogen-bond donors (Lipinski definition) is 5. The smallest absolute Gasteiger partial charge is 0.249 e. The SMILES string of the molecule is CC(=O)[O-].O=C([O-])O.O=C([O-])[O-].[NH4+].[NH4+].[NH4+].[NH4+]. The van der Waals surface area contributed by atoms with Crippen molar-refractivity contribution in [1.29, 1.82) is 0 Å². The first-order chi connectivity index (χ1) is 5.20. The van der Waals surface area contributed by atoms with Crippen LogP contribution in [0.3, 0.4) is 0 Å². The van der Waals surface area contributed by atoms with Crippen molar-refractivity contribution in [2.75, 3.05) is 0 Å². The second kappa shape index (κ2) is 38.5. The number of carbonyl (C=O) groups is 3. The van der Waals surface area contributed by atoms with Crippen LogP contribution in [0.4, 0.5) is 9.59 Å². The molecule has 0 aliphatic rings.